The number of hydrogen-bond acceptors (Lipinski definition) is 4. The third-order valence-corrected chi connectivity index (χ3v) is 1.88. The Bertz CT molecular complexity index is 253. The maximum Gasteiger partial charge on any atom is 0.143 e. The summed E-state index contributed by atoms with van der Waals surface area (Å²) in [5.74, 6) is 0.280. The van der Waals surface area contributed by atoms with Gasteiger partial charge in [-0.1, -0.05) is 21.5 Å². The highest BCUT2D eigenvalue weighted by Crippen LogP contribution is 2.11. The molecule has 6 N–H and O–H groups in total. The van der Waals surface area contributed by atoms with E-state index in [4.69, 9.17) is 21.9 Å². The first kappa shape index (κ1) is 12.3. The Balaban J connectivity index is 4.44. The molecule has 0 radical (unpaired) electrons. The van der Waals surface area contributed by atoms with Crippen LogP contribution in [0.25, 0.3) is 0 Å². The highest BCUT2D eigenvalue weighted by atomic mass is 16.4. The minimum Gasteiger partial charge on any atom is -0.409 e. The second-order valence-corrected chi connectivity index (χ2v) is 3.10. The zero-order chi connectivity index (χ0) is 11.1. The standard InChI is InChI=1S/C8H16N4O2/c1-5(3-7(9)11-13)6(2)4-8(10)12-14/h13-14H,3-4H2,1-2H3,(H2,9,11)(H2,10,12)/b6-5+. The lowest BCUT2D eigenvalue weighted by Crippen LogP contribution is -2.15. The summed E-state index contributed by atoms with van der Waals surface area (Å²) in [6.07, 6.45) is 0.752. The van der Waals surface area contributed by atoms with Gasteiger partial charge >= 0.3 is 0 Å². The molecule has 0 bridgehead atoms. The Hall–Kier alpha value is -1.72. The van der Waals surface area contributed by atoms with E-state index in [0.717, 1.165) is 11.1 Å². The number of nitrogens with two attached hydrogens (primary N) is 2. The van der Waals surface area contributed by atoms with E-state index in [1.165, 1.54) is 0 Å². The lowest BCUT2D eigenvalue weighted by atomic mass is 10.0. The van der Waals surface area contributed by atoms with Crippen molar-refractivity contribution in [1.82, 2.24) is 0 Å². The SMILES string of the molecule is C/C(C/C(N)=N/O)=C(/C)C/C(N)=N/O. The van der Waals surface area contributed by atoms with Gasteiger partial charge in [-0.25, -0.2) is 0 Å². The normalized spacial score (nSPS) is 15.3. The van der Waals surface area contributed by atoms with Crippen molar-refractivity contribution in [3.05, 3.63) is 11.1 Å². The van der Waals surface area contributed by atoms with Crippen molar-refractivity contribution in [3.63, 3.8) is 0 Å². The smallest absolute Gasteiger partial charge is 0.143 e. The molecule has 0 saturated heterocycles. The minimum atomic E-state index is 0.140. The van der Waals surface area contributed by atoms with Crippen molar-refractivity contribution >= 4 is 11.7 Å². The van der Waals surface area contributed by atoms with E-state index in [9.17, 15) is 0 Å². The zero-order valence-corrected chi connectivity index (χ0v) is 8.36. The van der Waals surface area contributed by atoms with Gasteiger partial charge in [0.1, 0.15) is 11.7 Å². The Morgan fingerprint density at radius 1 is 0.929 bits per heavy atom. The molecule has 0 aromatic heterocycles. The van der Waals surface area contributed by atoms with Gasteiger partial charge in [0.25, 0.3) is 0 Å². The largest absolute Gasteiger partial charge is 0.409 e. The molecule has 6 heteroatoms. The molecule has 0 saturated carbocycles. The topological polar surface area (TPSA) is 117 Å². The second kappa shape index (κ2) is 5.85. The molecule has 0 aromatic rings. The van der Waals surface area contributed by atoms with Crippen LogP contribution in [0.2, 0.25) is 0 Å². The van der Waals surface area contributed by atoms with Crippen LogP contribution in [0.5, 0.6) is 0 Å². The molecule has 0 rings (SSSR count). The minimum absolute atomic E-state index is 0.140. The maximum atomic E-state index is 8.35. The lowest BCUT2D eigenvalue weighted by Gasteiger charge is -2.05. The third-order valence-electron chi connectivity index (χ3n) is 1.88. The summed E-state index contributed by atoms with van der Waals surface area (Å²) in [5.41, 5.74) is 12.5. The van der Waals surface area contributed by atoms with E-state index in [-0.39, 0.29) is 11.7 Å². The quantitative estimate of drug-likeness (QED) is 0.175. The van der Waals surface area contributed by atoms with Crippen LogP contribution in [0.3, 0.4) is 0 Å². The van der Waals surface area contributed by atoms with Crippen LogP contribution in [-0.4, -0.2) is 22.1 Å². The monoisotopic (exact) mass is 200 g/mol. The summed E-state index contributed by atoms with van der Waals surface area (Å²) in [4.78, 5) is 0. The van der Waals surface area contributed by atoms with E-state index in [2.05, 4.69) is 10.3 Å². The average molecular weight is 200 g/mol. The van der Waals surface area contributed by atoms with E-state index >= 15 is 0 Å². The van der Waals surface area contributed by atoms with Gasteiger partial charge in [-0.3, -0.25) is 0 Å². The maximum absolute atomic E-state index is 8.35. The fourth-order valence-electron chi connectivity index (χ4n) is 0.916. The van der Waals surface area contributed by atoms with Crippen molar-refractivity contribution in [1.29, 1.82) is 0 Å². The number of amidine groups is 2. The van der Waals surface area contributed by atoms with E-state index in [1.807, 2.05) is 13.8 Å². The fourth-order valence-corrected chi connectivity index (χ4v) is 0.916. The molecule has 0 fully saturated rings. The molecule has 0 aromatic carbocycles. The van der Waals surface area contributed by atoms with Crippen LogP contribution in [-0.2, 0) is 0 Å². The Morgan fingerprint density at radius 2 is 1.21 bits per heavy atom. The Labute approximate surface area is 82.6 Å². The van der Waals surface area contributed by atoms with Crippen LogP contribution in [0.4, 0.5) is 0 Å². The van der Waals surface area contributed by atoms with Gasteiger partial charge < -0.3 is 21.9 Å². The molecule has 0 aliphatic carbocycles. The summed E-state index contributed by atoms with van der Waals surface area (Å²) in [6.45, 7) is 3.69. The molecule has 0 unspecified atom stereocenters. The van der Waals surface area contributed by atoms with E-state index in [1.54, 1.807) is 0 Å². The second-order valence-electron chi connectivity index (χ2n) is 3.10. The summed E-state index contributed by atoms with van der Waals surface area (Å²) in [6, 6.07) is 0. The molecular weight excluding hydrogens is 184 g/mol. The Morgan fingerprint density at radius 3 is 1.43 bits per heavy atom. The first-order chi connectivity index (χ1) is 6.51. The number of oxime groups is 2. The van der Waals surface area contributed by atoms with Crippen molar-refractivity contribution in [3.8, 4) is 0 Å². The van der Waals surface area contributed by atoms with Gasteiger partial charge in [0.15, 0.2) is 0 Å². The number of nitrogens with zero attached hydrogens (tertiary/aromatic N) is 2. The average Bonchev–Trinajstić information content (AvgIpc) is 2.17. The lowest BCUT2D eigenvalue weighted by molar-refractivity contribution is 0.317. The van der Waals surface area contributed by atoms with Crippen LogP contribution in [0.1, 0.15) is 26.7 Å². The fraction of sp³-hybridized carbons (Fsp3) is 0.500. The molecule has 14 heavy (non-hydrogen) atoms. The van der Waals surface area contributed by atoms with Crippen LogP contribution >= 0.6 is 0 Å². The summed E-state index contributed by atoms with van der Waals surface area (Å²) in [5, 5.41) is 22.4. The highest BCUT2D eigenvalue weighted by Gasteiger charge is 2.02. The predicted molar refractivity (Wildman–Crippen MR) is 54.4 cm³/mol. The highest BCUT2D eigenvalue weighted by molar-refractivity contribution is 5.84. The molecule has 6 nitrogen and oxygen atoms in total. The molecule has 0 aliphatic heterocycles. The molecule has 0 amide bonds. The van der Waals surface area contributed by atoms with Crippen LogP contribution < -0.4 is 11.5 Å². The van der Waals surface area contributed by atoms with Gasteiger partial charge in [0.2, 0.25) is 0 Å². The zero-order valence-electron chi connectivity index (χ0n) is 8.36. The van der Waals surface area contributed by atoms with Gasteiger partial charge in [-0.2, -0.15) is 0 Å². The third kappa shape index (κ3) is 4.34. The number of rotatable bonds is 4. The molecule has 0 spiro atoms. The Kier molecular flexibility index (Phi) is 5.13. The van der Waals surface area contributed by atoms with Crippen molar-refractivity contribution in [2.24, 2.45) is 21.8 Å². The molecule has 0 atom stereocenters. The summed E-state index contributed by atoms with van der Waals surface area (Å²) < 4.78 is 0. The van der Waals surface area contributed by atoms with Gasteiger partial charge in [0, 0.05) is 12.8 Å². The first-order valence-corrected chi connectivity index (χ1v) is 4.09. The molecule has 0 aliphatic rings. The van der Waals surface area contributed by atoms with Crippen LogP contribution in [0, 0.1) is 0 Å². The summed E-state index contributed by atoms with van der Waals surface area (Å²) in [7, 11) is 0. The van der Waals surface area contributed by atoms with E-state index < -0.39 is 0 Å². The predicted octanol–water partition coefficient (Wildman–Crippen LogP) is 0.596. The first-order valence-electron chi connectivity index (χ1n) is 4.09. The van der Waals surface area contributed by atoms with Gasteiger partial charge in [-0.15, -0.1) is 0 Å². The molecule has 0 heterocycles. The van der Waals surface area contributed by atoms with Crippen molar-refractivity contribution < 1.29 is 10.4 Å². The van der Waals surface area contributed by atoms with Gasteiger partial charge in [-0.05, 0) is 13.8 Å². The summed E-state index contributed by atoms with van der Waals surface area (Å²) >= 11 is 0. The van der Waals surface area contributed by atoms with Gasteiger partial charge in [0.05, 0.1) is 0 Å². The molecule has 80 valence electrons. The number of hydrogen-bond donors (Lipinski definition) is 4. The van der Waals surface area contributed by atoms with Crippen molar-refractivity contribution in [2.75, 3.05) is 0 Å². The molecular formula is C8H16N4O2. The van der Waals surface area contributed by atoms with E-state index in [0.29, 0.717) is 12.8 Å². The van der Waals surface area contributed by atoms with Crippen LogP contribution in [0.15, 0.2) is 21.5 Å². The van der Waals surface area contributed by atoms with Crippen molar-refractivity contribution in [2.45, 2.75) is 26.7 Å².